The molecule has 0 aromatic heterocycles. The van der Waals surface area contributed by atoms with Gasteiger partial charge in [0.25, 0.3) is 5.91 Å². The fourth-order valence-corrected chi connectivity index (χ4v) is 1.95. The van der Waals surface area contributed by atoms with E-state index in [0.717, 1.165) is 5.56 Å². The lowest BCUT2D eigenvalue weighted by Crippen LogP contribution is -2.42. The lowest BCUT2D eigenvalue weighted by Gasteiger charge is -2.15. The molecular weight excluding hydrogens is 294 g/mol. The van der Waals surface area contributed by atoms with Crippen LogP contribution in [0.4, 0.5) is 0 Å². The van der Waals surface area contributed by atoms with Crippen LogP contribution in [-0.2, 0) is 11.2 Å². The number of carboxylic acid groups (broad SMARTS) is 1. The summed E-state index contributed by atoms with van der Waals surface area (Å²) in [7, 11) is 0. The molecule has 2 aromatic carbocycles. The third-order valence-electron chi connectivity index (χ3n) is 3.03. The Kier molecular flexibility index (Phi) is 7.33. The van der Waals surface area contributed by atoms with Crippen molar-refractivity contribution in [3.63, 3.8) is 0 Å². The Morgan fingerprint density at radius 1 is 1.00 bits per heavy atom. The maximum atomic E-state index is 12.0. The second-order valence-corrected chi connectivity index (χ2v) is 4.57. The summed E-state index contributed by atoms with van der Waals surface area (Å²) in [6.07, 6.45) is 0.176. The van der Waals surface area contributed by atoms with Gasteiger partial charge in [0, 0.05) is 6.42 Å². The maximum Gasteiger partial charge on any atom is 0.326 e. The van der Waals surface area contributed by atoms with Gasteiger partial charge in [0.15, 0.2) is 0 Å². The number of hydrogen-bond acceptors (Lipinski definition) is 3. The van der Waals surface area contributed by atoms with Gasteiger partial charge in [0.1, 0.15) is 11.8 Å². The molecule has 1 unspecified atom stereocenters. The minimum atomic E-state index is -1.12. The Labute approximate surface area is 135 Å². The summed E-state index contributed by atoms with van der Waals surface area (Å²) in [4.78, 5) is 23.3. The molecule has 0 spiro atoms. The van der Waals surface area contributed by atoms with Crippen LogP contribution < -0.4 is 5.32 Å². The molecule has 1 atom stereocenters. The Bertz CT molecular complexity index is 640. The molecule has 0 fully saturated rings. The van der Waals surface area contributed by atoms with Crippen LogP contribution in [0.25, 0.3) is 0 Å². The largest absolute Gasteiger partial charge is 0.507 e. The monoisotopic (exact) mass is 315 g/mol. The van der Waals surface area contributed by atoms with E-state index in [1.54, 1.807) is 36.4 Å². The molecule has 0 aliphatic carbocycles. The number of rotatable bonds is 5. The molecule has 23 heavy (non-hydrogen) atoms. The van der Waals surface area contributed by atoms with Gasteiger partial charge in [-0.15, -0.1) is 0 Å². The van der Waals surface area contributed by atoms with Crippen LogP contribution in [0.5, 0.6) is 5.75 Å². The standard InChI is InChI=1S/C16H15NO4.C2H6/c18-14-9-5-4-8-12(14)15(19)17-13(16(20)21)10-11-6-2-1-3-7-11;1-2/h1-9,13,18H,10H2,(H,17,19)(H,20,21);1-2H3. The van der Waals surface area contributed by atoms with Crippen molar-refractivity contribution in [2.24, 2.45) is 0 Å². The van der Waals surface area contributed by atoms with Crippen molar-refractivity contribution in [3.8, 4) is 5.75 Å². The average molecular weight is 315 g/mol. The predicted octanol–water partition coefficient (Wildman–Crippen LogP) is 2.84. The molecule has 0 aliphatic rings. The number of benzene rings is 2. The van der Waals surface area contributed by atoms with Crippen molar-refractivity contribution in [3.05, 3.63) is 65.7 Å². The smallest absolute Gasteiger partial charge is 0.326 e. The van der Waals surface area contributed by atoms with E-state index in [0.29, 0.717) is 0 Å². The third-order valence-corrected chi connectivity index (χ3v) is 3.03. The molecule has 0 saturated heterocycles. The van der Waals surface area contributed by atoms with E-state index in [1.165, 1.54) is 12.1 Å². The van der Waals surface area contributed by atoms with Crippen molar-refractivity contribution in [2.45, 2.75) is 26.3 Å². The topological polar surface area (TPSA) is 86.6 Å². The highest BCUT2D eigenvalue weighted by molar-refractivity contribution is 5.98. The average Bonchev–Trinajstić information content (AvgIpc) is 2.57. The Morgan fingerprint density at radius 2 is 1.57 bits per heavy atom. The molecule has 5 nitrogen and oxygen atoms in total. The van der Waals surface area contributed by atoms with E-state index in [2.05, 4.69) is 5.32 Å². The van der Waals surface area contributed by atoms with Gasteiger partial charge in [-0.2, -0.15) is 0 Å². The summed E-state index contributed by atoms with van der Waals surface area (Å²) < 4.78 is 0. The summed E-state index contributed by atoms with van der Waals surface area (Å²) >= 11 is 0. The highest BCUT2D eigenvalue weighted by Crippen LogP contribution is 2.15. The number of carbonyl (C=O) groups excluding carboxylic acids is 1. The number of carboxylic acids is 1. The molecule has 1 amide bonds. The van der Waals surface area contributed by atoms with Gasteiger partial charge < -0.3 is 15.5 Å². The first-order chi connectivity index (χ1) is 11.1. The van der Waals surface area contributed by atoms with Gasteiger partial charge in [0.2, 0.25) is 0 Å². The number of hydrogen-bond donors (Lipinski definition) is 3. The van der Waals surface area contributed by atoms with E-state index in [4.69, 9.17) is 0 Å². The second kappa shape index (κ2) is 9.25. The van der Waals surface area contributed by atoms with E-state index in [-0.39, 0.29) is 17.7 Å². The molecule has 0 bridgehead atoms. The van der Waals surface area contributed by atoms with Gasteiger partial charge in [-0.3, -0.25) is 4.79 Å². The van der Waals surface area contributed by atoms with Crippen LogP contribution in [0.3, 0.4) is 0 Å². The first-order valence-electron chi connectivity index (χ1n) is 7.43. The van der Waals surface area contributed by atoms with Crippen molar-refractivity contribution >= 4 is 11.9 Å². The number of para-hydroxylation sites is 1. The number of aliphatic carboxylic acids is 1. The van der Waals surface area contributed by atoms with Crippen LogP contribution in [-0.4, -0.2) is 28.1 Å². The molecule has 0 radical (unpaired) electrons. The molecule has 5 heteroatoms. The number of amides is 1. The van der Waals surface area contributed by atoms with E-state index in [1.807, 2.05) is 19.9 Å². The zero-order valence-corrected chi connectivity index (χ0v) is 13.2. The molecule has 2 rings (SSSR count). The number of aromatic hydroxyl groups is 1. The normalized spacial score (nSPS) is 10.9. The minimum absolute atomic E-state index is 0.0526. The van der Waals surface area contributed by atoms with Crippen molar-refractivity contribution in [2.75, 3.05) is 0 Å². The van der Waals surface area contributed by atoms with Gasteiger partial charge in [0.05, 0.1) is 5.56 Å². The lowest BCUT2D eigenvalue weighted by molar-refractivity contribution is -0.139. The van der Waals surface area contributed by atoms with Crippen LogP contribution in [0.1, 0.15) is 29.8 Å². The minimum Gasteiger partial charge on any atom is -0.507 e. The highest BCUT2D eigenvalue weighted by atomic mass is 16.4. The molecule has 3 N–H and O–H groups in total. The van der Waals surface area contributed by atoms with E-state index < -0.39 is 17.9 Å². The first-order valence-corrected chi connectivity index (χ1v) is 7.43. The molecule has 0 aliphatic heterocycles. The third kappa shape index (κ3) is 5.47. The maximum absolute atomic E-state index is 12.0. The molecule has 0 heterocycles. The van der Waals surface area contributed by atoms with Crippen LogP contribution in [0, 0.1) is 0 Å². The van der Waals surface area contributed by atoms with E-state index >= 15 is 0 Å². The number of carbonyl (C=O) groups is 2. The van der Waals surface area contributed by atoms with Crippen molar-refractivity contribution in [1.29, 1.82) is 0 Å². The number of nitrogens with one attached hydrogen (secondary N) is 1. The summed E-state index contributed by atoms with van der Waals surface area (Å²) in [5.41, 5.74) is 0.860. The zero-order chi connectivity index (χ0) is 17.2. The summed E-state index contributed by atoms with van der Waals surface area (Å²) in [6.45, 7) is 4.00. The fourth-order valence-electron chi connectivity index (χ4n) is 1.95. The SMILES string of the molecule is CC.O=C(NC(Cc1ccccc1)C(=O)O)c1ccccc1O. The quantitative estimate of drug-likeness (QED) is 0.792. The highest BCUT2D eigenvalue weighted by Gasteiger charge is 2.22. The van der Waals surface area contributed by atoms with E-state index in [9.17, 15) is 19.8 Å². The van der Waals surface area contributed by atoms with Gasteiger partial charge in [-0.1, -0.05) is 56.3 Å². The van der Waals surface area contributed by atoms with Gasteiger partial charge in [-0.05, 0) is 17.7 Å². The molecule has 2 aromatic rings. The second-order valence-electron chi connectivity index (χ2n) is 4.57. The fraction of sp³-hybridized carbons (Fsp3) is 0.222. The summed E-state index contributed by atoms with van der Waals surface area (Å²) in [5.74, 6) is -1.92. The predicted molar refractivity (Wildman–Crippen MR) is 88.5 cm³/mol. The Hall–Kier alpha value is -2.82. The first kappa shape index (κ1) is 18.2. The number of phenolic OH excluding ortho intramolecular Hbond substituents is 1. The Balaban J connectivity index is 0.00000127. The van der Waals surface area contributed by atoms with Crippen molar-refractivity contribution in [1.82, 2.24) is 5.32 Å². The number of phenols is 1. The van der Waals surface area contributed by atoms with Crippen LogP contribution >= 0.6 is 0 Å². The zero-order valence-electron chi connectivity index (χ0n) is 13.2. The lowest BCUT2D eigenvalue weighted by atomic mass is 10.1. The Morgan fingerprint density at radius 3 is 2.13 bits per heavy atom. The molecular formula is C18H21NO4. The van der Waals surface area contributed by atoms with Crippen LogP contribution in [0.15, 0.2) is 54.6 Å². The summed E-state index contributed by atoms with van der Waals surface area (Å²) in [5, 5.41) is 21.3. The van der Waals surface area contributed by atoms with Gasteiger partial charge >= 0.3 is 5.97 Å². The molecule has 0 saturated carbocycles. The molecule has 122 valence electrons. The van der Waals surface area contributed by atoms with Crippen LogP contribution in [0.2, 0.25) is 0 Å². The van der Waals surface area contributed by atoms with Crippen molar-refractivity contribution < 1.29 is 19.8 Å². The summed E-state index contributed by atoms with van der Waals surface area (Å²) in [6, 6.07) is 14.0. The van der Waals surface area contributed by atoms with Gasteiger partial charge in [-0.25, -0.2) is 4.79 Å².